The lowest BCUT2D eigenvalue weighted by Crippen LogP contribution is -2.70. The zero-order valence-corrected chi connectivity index (χ0v) is 9.61. The number of aliphatic carboxylic acids is 1. The topological polar surface area (TPSA) is 61.4 Å². The first-order chi connectivity index (χ1) is 7.20. The monoisotopic (exact) mass is 230 g/mol. The summed E-state index contributed by atoms with van der Waals surface area (Å²) in [5.41, 5.74) is -0.168. The zero-order chi connectivity index (χ0) is 10.7. The Balaban J connectivity index is 1.86. The molecule has 2 fully saturated rings. The standard InChI is InChI=1S/C10H18N2O2S/c13-9(14)5-10(6-11-7-10)12-8-1-3-15-4-2-8/h8,11-12H,1-7H2,(H,13,14). The third-order valence-corrected chi connectivity index (χ3v) is 4.20. The molecule has 86 valence electrons. The van der Waals surface area contributed by atoms with Crippen LogP contribution in [0.4, 0.5) is 0 Å². The second-order valence-electron chi connectivity index (χ2n) is 4.49. The van der Waals surface area contributed by atoms with Gasteiger partial charge in [-0.1, -0.05) is 0 Å². The Morgan fingerprint density at radius 2 is 2.13 bits per heavy atom. The second kappa shape index (κ2) is 4.72. The highest BCUT2D eigenvalue weighted by atomic mass is 32.2. The van der Waals surface area contributed by atoms with Gasteiger partial charge in [0, 0.05) is 19.1 Å². The van der Waals surface area contributed by atoms with Crippen LogP contribution in [-0.2, 0) is 4.79 Å². The van der Waals surface area contributed by atoms with Gasteiger partial charge in [-0.05, 0) is 24.3 Å². The predicted octanol–water partition coefficient (Wildman–Crippen LogP) is 0.288. The number of carboxylic acids is 1. The molecule has 4 nitrogen and oxygen atoms in total. The minimum atomic E-state index is -0.700. The molecule has 2 rings (SSSR count). The summed E-state index contributed by atoms with van der Waals surface area (Å²) in [5.74, 6) is 1.71. The van der Waals surface area contributed by atoms with E-state index in [1.807, 2.05) is 11.8 Å². The van der Waals surface area contributed by atoms with Crippen LogP contribution >= 0.6 is 11.8 Å². The van der Waals surface area contributed by atoms with Crippen molar-refractivity contribution in [2.45, 2.75) is 30.8 Å². The molecule has 5 heteroatoms. The zero-order valence-electron chi connectivity index (χ0n) is 8.79. The highest BCUT2D eigenvalue weighted by Crippen LogP contribution is 2.23. The van der Waals surface area contributed by atoms with Gasteiger partial charge in [0.1, 0.15) is 0 Å². The molecule has 2 aliphatic heterocycles. The molecule has 0 atom stereocenters. The maximum atomic E-state index is 10.8. The lowest BCUT2D eigenvalue weighted by molar-refractivity contribution is -0.139. The molecule has 2 aliphatic rings. The highest BCUT2D eigenvalue weighted by molar-refractivity contribution is 7.99. The second-order valence-corrected chi connectivity index (χ2v) is 5.71. The van der Waals surface area contributed by atoms with Crippen LogP contribution in [0, 0.1) is 0 Å². The lowest BCUT2D eigenvalue weighted by atomic mass is 9.87. The Morgan fingerprint density at radius 3 is 2.60 bits per heavy atom. The van der Waals surface area contributed by atoms with E-state index >= 15 is 0 Å². The van der Waals surface area contributed by atoms with Gasteiger partial charge in [0.25, 0.3) is 0 Å². The van der Waals surface area contributed by atoms with Gasteiger partial charge in [0.05, 0.1) is 12.0 Å². The van der Waals surface area contributed by atoms with Gasteiger partial charge in [0.15, 0.2) is 0 Å². The average Bonchev–Trinajstić information content (AvgIpc) is 2.15. The third kappa shape index (κ3) is 2.86. The van der Waals surface area contributed by atoms with Crippen LogP contribution in [-0.4, -0.2) is 47.3 Å². The van der Waals surface area contributed by atoms with E-state index in [9.17, 15) is 4.79 Å². The first-order valence-electron chi connectivity index (χ1n) is 5.48. The van der Waals surface area contributed by atoms with Crippen LogP contribution in [0.2, 0.25) is 0 Å². The molecule has 0 aromatic carbocycles. The number of hydrogen-bond acceptors (Lipinski definition) is 4. The molecule has 0 aliphatic carbocycles. The van der Waals surface area contributed by atoms with Gasteiger partial charge in [-0.25, -0.2) is 0 Å². The van der Waals surface area contributed by atoms with Gasteiger partial charge < -0.3 is 15.7 Å². The summed E-state index contributed by atoms with van der Waals surface area (Å²) in [6, 6.07) is 0.521. The minimum Gasteiger partial charge on any atom is -0.481 e. The SMILES string of the molecule is O=C(O)CC1(NC2CCSCC2)CNC1. The number of carbonyl (C=O) groups is 1. The van der Waals surface area contributed by atoms with Crippen LogP contribution < -0.4 is 10.6 Å². The van der Waals surface area contributed by atoms with E-state index in [0.717, 1.165) is 13.1 Å². The van der Waals surface area contributed by atoms with Gasteiger partial charge >= 0.3 is 5.97 Å². The molecule has 2 heterocycles. The van der Waals surface area contributed by atoms with Crippen molar-refractivity contribution in [3.05, 3.63) is 0 Å². The van der Waals surface area contributed by atoms with Crippen molar-refractivity contribution >= 4 is 17.7 Å². The molecule has 0 bridgehead atoms. The molecule has 0 spiro atoms. The average molecular weight is 230 g/mol. The minimum absolute atomic E-state index is 0.168. The molecular formula is C10H18N2O2S. The Labute approximate surface area is 94.2 Å². The van der Waals surface area contributed by atoms with E-state index in [0.29, 0.717) is 6.04 Å². The Morgan fingerprint density at radius 1 is 1.47 bits per heavy atom. The summed E-state index contributed by atoms with van der Waals surface area (Å²) in [4.78, 5) is 10.8. The lowest BCUT2D eigenvalue weighted by Gasteiger charge is -2.45. The van der Waals surface area contributed by atoms with Crippen LogP contribution in [0.1, 0.15) is 19.3 Å². The Hall–Kier alpha value is -0.260. The van der Waals surface area contributed by atoms with Crippen molar-refractivity contribution in [2.24, 2.45) is 0 Å². The van der Waals surface area contributed by atoms with Crippen molar-refractivity contribution < 1.29 is 9.90 Å². The first kappa shape index (κ1) is 11.2. The fourth-order valence-electron chi connectivity index (χ4n) is 2.27. The molecular weight excluding hydrogens is 212 g/mol. The molecule has 3 N–H and O–H groups in total. The Kier molecular flexibility index (Phi) is 3.53. The molecule has 0 radical (unpaired) electrons. The van der Waals surface area contributed by atoms with Gasteiger partial charge in [-0.15, -0.1) is 0 Å². The summed E-state index contributed by atoms with van der Waals surface area (Å²) in [6.45, 7) is 1.59. The van der Waals surface area contributed by atoms with Crippen molar-refractivity contribution in [1.29, 1.82) is 0 Å². The number of thioether (sulfide) groups is 1. The normalized spacial score (nSPS) is 25.9. The molecule has 0 aromatic rings. The maximum absolute atomic E-state index is 10.8. The van der Waals surface area contributed by atoms with Crippen molar-refractivity contribution in [1.82, 2.24) is 10.6 Å². The highest BCUT2D eigenvalue weighted by Gasteiger charge is 2.40. The van der Waals surface area contributed by atoms with Gasteiger partial charge in [0.2, 0.25) is 0 Å². The number of nitrogens with one attached hydrogen (secondary N) is 2. The maximum Gasteiger partial charge on any atom is 0.305 e. The van der Waals surface area contributed by atoms with E-state index in [1.165, 1.54) is 24.3 Å². The number of hydrogen-bond donors (Lipinski definition) is 3. The molecule has 0 aromatic heterocycles. The molecule has 0 saturated carbocycles. The summed E-state index contributed by atoms with van der Waals surface area (Å²) < 4.78 is 0. The quantitative estimate of drug-likeness (QED) is 0.648. The molecule has 2 saturated heterocycles. The smallest absolute Gasteiger partial charge is 0.305 e. The van der Waals surface area contributed by atoms with Gasteiger partial charge in [-0.2, -0.15) is 11.8 Å². The predicted molar refractivity (Wildman–Crippen MR) is 61.3 cm³/mol. The van der Waals surface area contributed by atoms with Crippen LogP contribution in [0.3, 0.4) is 0 Å². The van der Waals surface area contributed by atoms with Crippen LogP contribution in [0.25, 0.3) is 0 Å². The summed E-state index contributed by atoms with van der Waals surface area (Å²) >= 11 is 1.99. The van der Waals surface area contributed by atoms with E-state index in [2.05, 4.69) is 10.6 Å². The fourth-order valence-corrected chi connectivity index (χ4v) is 3.38. The first-order valence-corrected chi connectivity index (χ1v) is 6.64. The third-order valence-electron chi connectivity index (χ3n) is 3.15. The van der Waals surface area contributed by atoms with Crippen molar-refractivity contribution in [3.8, 4) is 0 Å². The largest absolute Gasteiger partial charge is 0.481 e. The molecule has 0 amide bonds. The van der Waals surface area contributed by atoms with E-state index in [-0.39, 0.29) is 12.0 Å². The van der Waals surface area contributed by atoms with Crippen LogP contribution in [0.5, 0.6) is 0 Å². The molecule has 15 heavy (non-hydrogen) atoms. The van der Waals surface area contributed by atoms with E-state index in [4.69, 9.17) is 5.11 Å². The van der Waals surface area contributed by atoms with E-state index < -0.39 is 5.97 Å². The van der Waals surface area contributed by atoms with E-state index in [1.54, 1.807) is 0 Å². The van der Waals surface area contributed by atoms with Crippen LogP contribution in [0.15, 0.2) is 0 Å². The number of carboxylic acid groups (broad SMARTS) is 1. The summed E-state index contributed by atoms with van der Waals surface area (Å²) in [7, 11) is 0. The number of rotatable bonds is 4. The van der Waals surface area contributed by atoms with Crippen molar-refractivity contribution in [3.63, 3.8) is 0 Å². The van der Waals surface area contributed by atoms with Crippen molar-refractivity contribution in [2.75, 3.05) is 24.6 Å². The molecule has 0 unspecified atom stereocenters. The van der Waals surface area contributed by atoms with Gasteiger partial charge in [-0.3, -0.25) is 4.79 Å². The fraction of sp³-hybridized carbons (Fsp3) is 0.900. The Bertz CT molecular complexity index is 238. The summed E-state index contributed by atoms with van der Waals surface area (Å²) in [5, 5.41) is 15.6. The summed E-state index contributed by atoms with van der Waals surface area (Å²) in [6.07, 6.45) is 2.59.